The van der Waals surface area contributed by atoms with E-state index in [1.165, 1.54) is 0 Å². The van der Waals surface area contributed by atoms with Gasteiger partial charge in [0.15, 0.2) is 11.5 Å². The number of carbonyl (C=O) groups is 1. The van der Waals surface area contributed by atoms with Crippen molar-refractivity contribution in [3.63, 3.8) is 0 Å². The van der Waals surface area contributed by atoms with E-state index in [1.807, 2.05) is 49.4 Å². The Morgan fingerprint density at radius 1 is 1.00 bits per heavy atom. The van der Waals surface area contributed by atoms with Gasteiger partial charge in [0.05, 0.1) is 12.7 Å². The third-order valence-corrected chi connectivity index (χ3v) is 4.76. The molecular formula is C23H22ClNO4. The van der Waals surface area contributed by atoms with Gasteiger partial charge < -0.3 is 19.9 Å². The van der Waals surface area contributed by atoms with Gasteiger partial charge in [-0.1, -0.05) is 35.9 Å². The summed E-state index contributed by atoms with van der Waals surface area (Å²) in [6.45, 7) is 2.87. The molecule has 0 saturated heterocycles. The second-order valence-electron chi connectivity index (χ2n) is 6.59. The number of aryl methyl sites for hydroxylation is 1. The van der Waals surface area contributed by atoms with Gasteiger partial charge in [-0.25, -0.2) is 4.79 Å². The van der Waals surface area contributed by atoms with Crippen molar-refractivity contribution in [2.45, 2.75) is 20.1 Å². The Hall–Kier alpha value is -3.18. The first-order valence-electron chi connectivity index (χ1n) is 9.08. The first-order valence-corrected chi connectivity index (χ1v) is 9.46. The molecule has 0 aliphatic heterocycles. The lowest BCUT2D eigenvalue weighted by molar-refractivity contribution is 0.0697. The number of hydrogen-bond acceptors (Lipinski definition) is 4. The molecule has 3 aromatic carbocycles. The van der Waals surface area contributed by atoms with Crippen molar-refractivity contribution in [1.29, 1.82) is 0 Å². The van der Waals surface area contributed by atoms with Gasteiger partial charge in [0.2, 0.25) is 0 Å². The summed E-state index contributed by atoms with van der Waals surface area (Å²) in [7, 11) is 1.60. The van der Waals surface area contributed by atoms with Gasteiger partial charge in [0.1, 0.15) is 6.61 Å². The second kappa shape index (κ2) is 9.34. The molecule has 6 heteroatoms. The maximum atomic E-state index is 11.2. The maximum Gasteiger partial charge on any atom is 0.335 e. The minimum absolute atomic E-state index is 0.252. The molecule has 0 spiro atoms. The van der Waals surface area contributed by atoms with E-state index < -0.39 is 5.97 Å². The molecule has 0 heterocycles. The van der Waals surface area contributed by atoms with Crippen LogP contribution in [0, 0.1) is 6.92 Å². The molecule has 0 bridgehead atoms. The number of aromatic carboxylic acids is 1. The third-order valence-electron chi connectivity index (χ3n) is 4.50. The molecule has 0 aromatic heterocycles. The molecule has 0 atom stereocenters. The Balaban J connectivity index is 1.68. The molecule has 3 aromatic rings. The fraction of sp³-hybridized carbons (Fsp3) is 0.174. The predicted octanol–water partition coefficient (Wildman–Crippen LogP) is 5.55. The number of nitrogens with one attached hydrogen (secondary N) is 1. The van der Waals surface area contributed by atoms with Crippen LogP contribution in [-0.4, -0.2) is 18.2 Å². The van der Waals surface area contributed by atoms with Crippen LogP contribution in [-0.2, 0) is 13.2 Å². The molecule has 0 unspecified atom stereocenters. The van der Waals surface area contributed by atoms with Gasteiger partial charge in [-0.15, -0.1) is 0 Å². The topological polar surface area (TPSA) is 67.8 Å². The van der Waals surface area contributed by atoms with Crippen molar-refractivity contribution < 1.29 is 19.4 Å². The van der Waals surface area contributed by atoms with E-state index in [2.05, 4.69) is 5.32 Å². The molecule has 0 aliphatic rings. The van der Waals surface area contributed by atoms with Crippen LogP contribution in [0.2, 0.25) is 5.02 Å². The number of benzene rings is 3. The summed E-state index contributed by atoms with van der Waals surface area (Å²) < 4.78 is 11.3. The van der Waals surface area contributed by atoms with E-state index in [9.17, 15) is 4.79 Å². The zero-order chi connectivity index (χ0) is 20.8. The van der Waals surface area contributed by atoms with Crippen molar-refractivity contribution in [2.24, 2.45) is 0 Å². The SMILES string of the molecule is COc1cc(CNc2cc(C(=O)O)ccc2C)ccc1OCc1ccc(Cl)cc1. The van der Waals surface area contributed by atoms with Gasteiger partial charge >= 0.3 is 5.97 Å². The van der Waals surface area contributed by atoms with Gasteiger partial charge in [-0.3, -0.25) is 0 Å². The molecular weight excluding hydrogens is 390 g/mol. The molecule has 0 radical (unpaired) electrons. The largest absolute Gasteiger partial charge is 0.493 e. The Morgan fingerprint density at radius 3 is 2.41 bits per heavy atom. The Labute approximate surface area is 174 Å². The van der Waals surface area contributed by atoms with E-state index in [-0.39, 0.29) is 5.56 Å². The number of rotatable bonds is 8. The summed E-state index contributed by atoms with van der Waals surface area (Å²) in [4.78, 5) is 11.2. The number of carboxylic acid groups (broad SMARTS) is 1. The van der Waals surface area contributed by atoms with Crippen LogP contribution in [0.1, 0.15) is 27.0 Å². The minimum Gasteiger partial charge on any atom is -0.493 e. The molecule has 5 nitrogen and oxygen atoms in total. The summed E-state index contributed by atoms with van der Waals surface area (Å²) in [6, 6.07) is 18.2. The standard InChI is InChI=1S/C23H22ClNO4/c1-15-3-7-18(23(26)27)12-20(15)25-13-17-6-10-21(22(11-17)28-2)29-14-16-4-8-19(24)9-5-16/h3-12,25H,13-14H2,1-2H3,(H,26,27). The number of carboxylic acids is 1. The second-order valence-corrected chi connectivity index (χ2v) is 7.03. The lowest BCUT2D eigenvalue weighted by Gasteiger charge is -2.14. The fourth-order valence-electron chi connectivity index (χ4n) is 2.83. The number of anilines is 1. The molecule has 0 fully saturated rings. The molecule has 2 N–H and O–H groups in total. The Morgan fingerprint density at radius 2 is 1.72 bits per heavy atom. The zero-order valence-electron chi connectivity index (χ0n) is 16.2. The van der Waals surface area contributed by atoms with Crippen LogP contribution in [0.3, 0.4) is 0 Å². The van der Waals surface area contributed by atoms with E-state index >= 15 is 0 Å². The molecule has 150 valence electrons. The average molecular weight is 412 g/mol. The van der Waals surface area contributed by atoms with Crippen molar-refractivity contribution >= 4 is 23.3 Å². The highest BCUT2D eigenvalue weighted by molar-refractivity contribution is 6.30. The molecule has 0 aliphatic carbocycles. The van der Waals surface area contributed by atoms with Crippen LogP contribution in [0.25, 0.3) is 0 Å². The minimum atomic E-state index is -0.947. The quantitative estimate of drug-likeness (QED) is 0.509. The highest BCUT2D eigenvalue weighted by Crippen LogP contribution is 2.29. The van der Waals surface area contributed by atoms with Crippen LogP contribution in [0.15, 0.2) is 60.7 Å². The fourth-order valence-corrected chi connectivity index (χ4v) is 2.95. The van der Waals surface area contributed by atoms with Gasteiger partial charge in [0, 0.05) is 17.3 Å². The van der Waals surface area contributed by atoms with E-state index in [1.54, 1.807) is 25.3 Å². The van der Waals surface area contributed by atoms with Gasteiger partial charge in [-0.05, 0) is 60.0 Å². The van der Waals surface area contributed by atoms with Crippen molar-refractivity contribution in [3.05, 3.63) is 87.9 Å². The van der Waals surface area contributed by atoms with Crippen molar-refractivity contribution in [1.82, 2.24) is 0 Å². The van der Waals surface area contributed by atoms with E-state index in [0.29, 0.717) is 29.7 Å². The molecule has 0 saturated carbocycles. The number of methoxy groups -OCH3 is 1. The third kappa shape index (κ3) is 5.42. The maximum absolute atomic E-state index is 11.2. The predicted molar refractivity (Wildman–Crippen MR) is 114 cm³/mol. The van der Waals surface area contributed by atoms with Gasteiger partial charge in [-0.2, -0.15) is 0 Å². The molecule has 3 rings (SSSR count). The Kier molecular flexibility index (Phi) is 6.62. The average Bonchev–Trinajstić information content (AvgIpc) is 2.72. The van der Waals surface area contributed by atoms with Crippen molar-refractivity contribution in [3.8, 4) is 11.5 Å². The number of hydrogen-bond donors (Lipinski definition) is 2. The lowest BCUT2D eigenvalue weighted by Crippen LogP contribution is -2.04. The smallest absolute Gasteiger partial charge is 0.335 e. The normalized spacial score (nSPS) is 10.4. The molecule has 0 amide bonds. The van der Waals surface area contributed by atoms with E-state index in [0.717, 1.165) is 22.4 Å². The van der Waals surface area contributed by atoms with Crippen LogP contribution >= 0.6 is 11.6 Å². The monoisotopic (exact) mass is 411 g/mol. The Bertz CT molecular complexity index is 1000. The molecule has 29 heavy (non-hydrogen) atoms. The summed E-state index contributed by atoms with van der Waals surface area (Å²) >= 11 is 5.91. The van der Waals surface area contributed by atoms with Gasteiger partial charge in [0.25, 0.3) is 0 Å². The van der Waals surface area contributed by atoms with E-state index in [4.69, 9.17) is 26.2 Å². The summed E-state index contributed by atoms with van der Waals surface area (Å²) in [5.74, 6) is 0.335. The number of halogens is 1. The zero-order valence-corrected chi connectivity index (χ0v) is 17.0. The highest BCUT2D eigenvalue weighted by atomic mass is 35.5. The van der Waals surface area contributed by atoms with Crippen LogP contribution in [0.4, 0.5) is 5.69 Å². The summed E-state index contributed by atoms with van der Waals surface area (Å²) in [5.41, 5.74) is 4.01. The number of ether oxygens (including phenoxy) is 2. The highest BCUT2D eigenvalue weighted by Gasteiger charge is 2.09. The summed E-state index contributed by atoms with van der Waals surface area (Å²) in [5, 5.41) is 13.1. The van der Waals surface area contributed by atoms with Crippen LogP contribution in [0.5, 0.6) is 11.5 Å². The first kappa shape index (κ1) is 20.6. The summed E-state index contributed by atoms with van der Waals surface area (Å²) in [6.07, 6.45) is 0. The first-order chi connectivity index (χ1) is 14.0. The van der Waals surface area contributed by atoms with Crippen molar-refractivity contribution in [2.75, 3.05) is 12.4 Å². The van der Waals surface area contributed by atoms with Crippen LogP contribution < -0.4 is 14.8 Å². The lowest BCUT2D eigenvalue weighted by atomic mass is 10.1.